The van der Waals surface area contributed by atoms with Crippen molar-refractivity contribution in [2.24, 2.45) is 16.8 Å². The fourth-order valence-corrected chi connectivity index (χ4v) is 3.59. The molecule has 2 unspecified atom stereocenters. The third kappa shape index (κ3) is 11.3. The maximum atomic E-state index is 11.9. The Morgan fingerprint density at radius 2 is 2.09 bits per heavy atom. The molecule has 188 valence electrons. The van der Waals surface area contributed by atoms with Crippen LogP contribution in [-0.4, -0.2) is 58.1 Å². The molecule has 1 fully saturated rings. The summed E-state index contributed by atoms with van der Waals surface area (Å²) in [6.45, 7) is 11.9. The molecular formula is C24H41IN4O4. The van der Waals surface area contributed by atoms with E-state index in [2.05, 4.69) is 59.9 Å². The summed E-state index contributed by atoms with van der Waals surface area (Å²) in [5, 5.41) is 9.59. The molecule has 0 aromatic heterocycles. The lowest BCUT2D eigenvalue weighted by atomic mass is 10.0. The Labute approximate surface area is 215 Å². The average Bonchev–Trinajstić information content (AvgIpc) is 3.26. The van der Waals surface area contributed by atoms with Crippen molar-refractivity contribution < 1.29 is 19.0 Å². The van der Waals surface area contributed by atoms with Gasteiger partial charge in [0, 0.05) is 44.3 Å². The lowest BCUT2D eigenvalue weighted by Crippen LogP contribution is -2.47. The number of ether oxygens (including phenoxy) is 3. The van der Waals surface area contributed by atoms with E-state index in [9.17, 15) is 4.79 Å². The van der Waals surface area contributed by atoms with Gasteiger partial charge in [-0.3, -0.25) is 4.99 Å². The summed E-state index contributed by atoms with van der Waals surface area (Å²) in [6.07, 6.45) is 1.49. The van der Waals surface area contributed by atoms with Gasteiger partial charge in [0.25, 0.3) is 0 Å². The fourth-order valence-electron chi connectivity index (χ4n) is 3.59. The Kier molecular flexibility index (Phi) is 14.2. The molecule has 8 nitrogen and oxygen atoms in total. The van der Waals surface area contributed by atoms with Crippen molar-refractivity contribution in [3.8, 4) is 5.75 Å². The summed E-state index contributed by atoms with van der Waals surface area (Å²) in [4.78, 5) is 16.2. The number of guanidine groups is 1. The molecule has 0 bridgehead atoms. The van der Waals surface area contributed by atoms with Crippen LogP contribution in [0.4, 0.5) is 4.79 Å². The van der Waals surface area contributed by atoms with Gasteiger partial charge >= 0.3 is 6.09 Å². The van der Waals surface area contributed by atoms with E-state index in [0.717, 1.165) is 42.9 Å². The van der Waals surface area contributed by atoms with Gasteiger partial charge in [-0.2, -0.15) is 0 Å². The van der Waals surface area contributed by atoms with Gasteiger partial charge in [-0.25, -0.2) is 4.79 Å². The van der Waals surface area contributed by atoms with Crippen LogP contribution in [0.15, 0.2) is 23.2 Å². The first kappa shape index (κ1) is 29.3. The number of aryl methyl sites for hydroxylation is 1. The van der Waals surface area contributed by atoms with Gasteiger partial charge in [-0.05, 0) is 44.2 Å². The van der Waals surface area contributed by atoms with Gasteiger partial charge in [0.1, 0.15) is 5.75 Å². The van der Waals surface area contributed by atoms with E-state index in [0.29, 0.717) is 44.1 Å². The molecule has 33 heavy (non-hydrogen) atoms. The van der Waals surface area contributed by atoms with Crippen LogP contribution in [0.2, 0.25) is 0 Å². The summed E-state index contributed by atoms with van der Waals surface area (Å²) in [5.41, 5.74) is 2.23. The molecule has 0 radical (unpaired) electrons. The molecule has 0 aliphatic carbocycles. The monoisotopic (exact) mass is 576 g/mol. The molecule has 2 rings (SSSR count). The molecular weight excluding hydrogens is 535 g/mol. The Morgan fingerprint density at radius 1 is 1.30 bits per heavy atom. The topological polar surface area (TPSA) is 93.2 Å². The second-order valence-electron chi connectivity index (χ2n) is 8.65. The number of nitrogens with zero attached hydrogens (tertiary/aromatic N) is 1. The van der Waals surface area contributed by atoms with Crippen LogP contribution >= 0.6 is 24.0 Å². The van der Waals surface area contributed by atoms with Crippen molar-refractivity contribution in [3.05, 3.63) is 29.3 Å². The van der Waals surface area contributed by atoms with Crippen LogP contribution in [-0.2, 0) is 16.0 Å². The van der Waals surface area contributed by atoms with Crippen molar-refractivity contribution in [1.82, 2.24) is 16.0 Å². The van der Waals surface area contributed by atoms with Crippen LogP contribution < -0.4 is 20.7 Å². The highest BCUT2D eigenvalue weighted by atomic mass is 127. The Balaban J connectivity index is 0.00000544. The summed E-state index contributed by atoms with van der Waals surface area (Å²) < 4.78 is 16.6. The van der Waals surface area contributed by atoms with Crippen LogP contribution in [0.1, 0.15) is 44.7 Å². The van der Waals surface area contributed by atoms with Crippen LogP contribution in [0.25, 0.3) is 0 Å². The maximum Gasteiger partial charge on any atom is 0.407 e. The Hall–Kier alpha value is -1.75. The number of hydrogen-bond acceptors (Lipinski definition) is 5. The highest BCUT2D eigenvalue weighted by Gasteiger charge is 2.18. The predicted molar refractivity (Wildman–Crippen MR) is 143 cm³/mol. The number of nitrogens with one attached hydrogen (secondary N) is 3. The number of rotatable bonds is 11. The molecule has 0 saturated carbocycles. The second-order valence-corrected chi connectivity index (χ2v) is 8.65. The number of carbonyl (C=O) groups excluding carboxylic acids is 1. The Bertz CT molecular complexity index is 739. The van der Waals surface area contributed by atoms with Gasteiger partial charge < -0.3 is 30.2 Å². The minimum Gasteiger partial charge on any atom is -0.493 e. The number of alkyl carbamates (subject to hydrolysis) is 1. The maximum absolute atomic E-state index is 11.9. The molecule has 1 aliphatic rings. The minimum absolute atomic E-state index is 0. The highest BCUT2D eigenvalue weighted by Crippen LogP contribution is 2.22. The van der Waals surface area contributed by atoms with Gasteiger partial charge in [0.15, 0.2) is 5.96 Å². The number of hydrogen-bond donors (Lipinski definition) is 3. The van der Waals surface area contributed by atoms with E-state index in [4.69, 9.17) is 14.2 Å². The first-order valence-electron chi connectivity index (χ1n) is 11.6. The average molecular weight is 577 g/mol. The second kappa shape index (κ2) is 16.0. The zero-order valence-electron chi connectivity index (χ0n) is 20.6. The number of aliphatic imine (C=N–C) groups is 1. The molecule has 2 atom stereocenters. The quantitative estimate of drug-likeness (QED) is 0.211. The standard InChI is InChI=1S/C24H40N4O4.HI/c1-6-31-24(29)28-21(11-17(2)3)14-27-23(25-5)26-13-20-8-7-18(4)12-22(20)32-16-19-9-10-30-15-19;/h7-8,12,17,19,21H,6,9-11,13-16H2,1-5H3,(H,28,29)(H2,25,26,27);1H. The van der Waals surface area contributed by atoms with Crippen molar-refractivity contribution in [1.29, 1.82) is 0 Å². The van der Waals surface area contributed by atoms with E-state index < -0.39 is 6.09 Å². The minimum atomic E-state index is -0.392. The zero-order valence-corrected chi connectivity index (χ0v) is 22.9. The van der Waals surface area contributed by atoms with Gasteiger partial charge in [-0.1, -0.05) is 26.0 Å². The van der Waals surface area contributed by atoms with Gasteiger partial charge in [-0.15, -0.1) is 24.0 Å². The molecule has 1 aliphatic heterocycles. The lowest BCUT2D eigenvalue weighted by Gasteiger charge is -2.22. The fraction of sp³-hybridized carbons (Fsp3) is 0.667. The van der Waals surface area contributed by atoms with Gasteiger partial charge in [0.2, 0.25) is 0 Å². The third-order valence-electron chi connectivity index (χ3n) is 5.26. The van der Waals surface area contributed by atoms with Crippen LogP contribution in [0.5, 0.6) is 5.75 Å². The first-order valence-corrected chi connectivity index (χ1v) is 11.6. The van der Waals surface area contributed by atoms with Crippen LogP contribution in [0.3, 0.4) is 0 Å². The largest absolute Gasteiger partial charge is 0.493 e. The normalized spacial score (nSPS) is 16.7. The number of carbonyl (C=O) groups is 1. The molecule has 1 aromatic carbocycles. The molecule has 1 aromatic rings. The SMILES string of the molecule is CCOC(=O)NC(CNC(=NC)NCc1ccc(C)cc1OCC1CCOC1)CC(C)C.I. The zero-order chi connectivity index (χ0) is 23.3. The molecule has 0 spiro atoms. The Morgan fingerprint density at radius 3 is 2.73 bits per heavy atom. The molecule has 1 heterocycles. The van der Waals surface area contributed by atoms with E-state index in [-0.39, 0.29) is 30.0 Å². The number of halogens is 1. The summed E-state index contributed by atoms with van der Waals surface area (Å²) >= 11 is 0. The molecule has 3 N–H and O–H groups in total. The summed E-state index contributed by atoms with van der Waals surface area (Å²) in [5.74, 6) is 2.45. The van der Waals surface area contributed by atoms with Gasteiger partial charge in [0.05, 0.1) is 19.8 Å². The third-order valence-corrected chi connectivity index (χ3v) is 5.26. The number of benzene rings is 1. The van der Waals surface area contributed by atoms with Crippen LogP contribution in [0, 0.1) is 18.8 Å². The first-order chi connectivity index (χ1) is 15.4. The molecule has 9 heteroatoms. The van der Waals surface area contributed by atoms with Crippen molar-refractivity contribution in [3.63, 3.8) is 0 Å². The summed E-state index contributed by atoms with van der Waals surface area (Å²) in [7, 11) is 1.73. The van der Waals surface area contributed by atoms with E-state index in [1.807, 2.05) is 0 Å². The van der Waals surface area contributed by atoms with Crippen molar-refractivity contribution >= 4 is 36.0 Å². The number of amides is 1. The van der Waals surface area contributed by atoms with Crippen molar-refractivity contribution in [2.45, 2.75) is 53.1 Å². The van der Waals surface area contributed by atoms with E-state index in [1.54, 1.807) is 14.0 Å². The van der Waals surface area contributed by atoms with E-state index >= 15 is 0 Å². The molecule has 1 amide bonds. The van der Waals surface area contributed by atoms with E-state index in [1.165, 1.54) is 0 Å². The lowest BCUT2D eigenvalue weighted by molar-refractivity contribution is 0.146. The molecule has 1 saturated heterocycles. The highest BCUT2D eigenvalue weighted by molar-refractivity contribution is 14.0. The smallest absolute Gasteiger partial charge is 0.407 e. The summed E-state index contributed by atoms with van der Waals surface area (Å²) in [6, 6.07) is 6.19. The van der Waals surface area contributed by atoms with Crippen molar-refractivity contribution in [2.75, 3.05) is 40.0 Å². The predicted octanol–water partition coefficient (Wildman–Crippen LogP) is 3.85.